The predicted molar refractivity (Wildman–Crippen MR) is 100 cm³/mol. The van der Waals surface area contributed by atoms with E-state index in [2.05, 4.69) is 20.2 Å². The number of aromatic nitrogens is 2. The molecular formula is C19H24FN5O2. The van der Waals surface area contributed by atoms with Gasteiger partial charge in [0.25, 0.3) is 5.91 Å². The fourth-order valence-electron chi connectivity index (χ4n) is 2.93. The van der Waals surface area contributed by atoms with Crippen LogP contribution >= 0.6 is 0 Å². The highest BCUT2D eigenvalue weighted by Crippen LogP contribution is 2.12. The highest BCUT2D eigenvalue weighted by atomic mass is 19.1. The van der Waals surface area contributed by atoms with Gasteiger partial charge >= 0.3 is 0 Å². The number of anilines is 1. The van der Waals surface area contributed by atoms with Crippen LogP contribution in [0.15, 0.2) is 36.7 Å². The van der Waals surface area contributed by atoms with Crippen molar-refractivity contribution in [3.63, 3.8) is 0 Å². The van der Waals surface area contributed by atoms with E-state index >= 15 is 0 Å². The summed E-state index contributed by atoms with van der Waals surface area (Å²) in [6.07, 6.45) is 3.99. The maximum atomic E-state index is 12.8. The maximum Gasteiger partial charge on any atom is 0.257 e. The second-order valence-corrected chi connectivity index (χ2v) is 6.34. The summed E-state index contributed by atoms with van der Waals surface area (Å²) in [4.78, 5) is 24.8. The van der Waals surface area contributed by atoms with E-state index in [9.17, 15) is 9.18 Å². The normalized spacial score (nSPS) is 14.8. The second kappa shape index (κ2) is 9.27. The van der Waals surface area contributed by atoms with Crippen LogP contribution in [0.4, 0.5) is 10.3 Å². The summed E-state index contributed by atoms with van der Waals surface area (Å²) in [7, 11) is 1.74. The lowest BCUT2D eigenvalue weighted by molar-refractivity contribution is 0.0630. The van der Waals surface area contributed by atoms with E-state index in [0.29, 0.717) is 37.0 Å². The molecule has 0 aliphatic carbocycles. The Morgan fingerprint density at radius 2 is 1.81 bits per heavy atom. The first kappa shape index (κ1) is 19.0. The number of carbonyl (C=O) groups excluding carboxylic acids is 1. The first-order valence-corrected chi connectivity index (χ1v) is 9.05. The molecule has 2 aromatic rings. The number of amides is 1. The standard InChI is InChI=1S/C19H24FN5O2/c1-21-19-22-13-15(14-23-19)18(26)25-10-8-24(9-11-25)7-2-12-27-17-5-3-16(20)4-6-17/h3-6,13-14H,2,7-12H2,1H3,(H,21,22,23). The quantitative estimate of drug-likeness (QED) is 0.748. The first-order chi connectivity index (χ1) is 13.2. The van der Waals surface area contributed by atoms with Crippen LogP contribution in [0, 0.1) is 5.82 Å². The average Bonchev–Trinajstić information content (AvgIpc) is 2.72. The molecule has 3 rings (SSSR count). The Morgan fingerprint density at radius 1 is 1.15 bits per heavy atom. The molecule has 0 unspecified atom stereocenters. The summed E-state index contributed by atoms with van der Waals surface area (Å²) < 4.78 is 18.5. The summed E-state index contributed by atoms with van der Waals surface area (Å²) in [6.45, 7) is 4.52. The molecule has 1 aromatic carbocycles. The van der Waals surface area contributed by atoms with E-state index < -0.39 is 0 Å². The molecule has 27 heavy (non-hydrogen) atoms. The molecule has 1 N–H and O–H groups in total. The number of halogens is 1. The average molecular weight is 373 g/mol. The summed E-state index contributed by atoms with van der Waals surface area (Å²) in [5.74, 6) is 0.883. The van der Waals surface area contributed by atoms with Crippen LogP contribution in [-0.4, -0.2) is 72.1 Å². The topological polar surface area (TPSA) is 70.6 Å². The van der Waals surface area contributed by atoms with Crippen LogP contribution in [0.1, 0.15) is 16.8 Å². The van der Waals surface area contributed by atoms with Crippen molar-refractivity contribution in [2.24, 2.45) is 0 Å². The van der Waals surface area contributed by atoms with Gasteiger partial charge in [0.15, 0.2) is 0 Å². The largest absolute Gasteiger partial charge is 0.494 e. The lowest BCUT2D eigenvalue weighted by Crippen LogP contribution is -2.49. The molecule has 0 bridgehead atoms. The summed E-state index contributed by atoms with van der Waals surface area (Å²) in [5.41, 5.74) is 0.509. The summed E-state index contributed by atoms with van der Waals surface area (Å²) >= 11 is 0. The maximum absolute atomic E-state index is 12.8. The molecule has 1 saturated heterocycles. The minimum absolute atomic E-state index is 0.0306. The molecule has 144 valence electrons. The van der Waals surface area contributed by atoms with E-state index in [1.165, 1.54) is 12.1 Å². The van der Waals surface area contributed by atoms with Crippen molar-refractivity contribution in [3.05, 3.63) is 48.0 Å². The van der Waals surface area contributed by atoms with Crippen LogP contribution in [0.3, 0.4) is 0 Å². The van der Waals surface area contributed by atoms with Crippen LogP contribution in [-0.2, 0) is 0 Å². The highest BCUT2D eigenvalue weighted by Gasteiger charge is 2.22. The van der Waals surface area contributed by atoms with Crippen molar-refractivity contribution in [1.29, 1.82) is 0 Å². The van der Waals surface area contributed by atoms with Gasteiger partial charge in [-0.05, 0) is 30.7 Å². The Hall–Kier alpha value is -2.74. The Kier molecular flexibility index (Phi) is 6.54. The van der Waals surface area contributed by atoms with Crippen molar-refractivity contribution in [2.45, 2.75) is 6.42 Å². The van der Waals surface area contributed by atoms with E-state index in [0.717, 1.165) is 26.1 Å². The predicted octanol–water partition coefficient (Wildman–Crippen LogP) is 1.88. The first-order valence-electron chi connectivity index (χ1n) is 9.05. The van der Waals surface area contributed by atoms with Crippen molar-refractivity contribution < 1.29 is 13.9 Å². The molecular weight excluding hydrogens is 349 g/mol. The molecule has 0 atom stereocenters. The Morgan fingerprint density at radius 3 is 2.44 bits per heavy atom. The van der Waals surface area contributed by atoms with Crippen LogP contribution in [0.25, 0.3) is 0 Å². The number of nitrogens with one attached hydrogen (secondary N) is 1. The molecule has 1 aliphatic rings. The monoisotopic (exact) mass is 373 g/mol. The number of piperazine rings is 1. The van der Waals surface area contributed by atoms with Gasteiger partial charge in [0.2, 0.25) is 5.95 Å². The Balaban J connectivity index is 1.36. The second-order valence-electron chi connectivity index (χ2n) is 6.34. The number of ether oxygens (including phenoxy) is 1. The fraction of sp³-hybridized carbons (Fsp3) is 0.421. The molecule has 7 nitrogen and oxygen atoms in total. The number of hydrogen-bond acceptors (Lipinski definition) is 6. The lowest BCUT2D eigenvalue weighted by atomic mass is 10.2. The third-order valence-electron chi connectivity index (χ3n) is 4.48. The minimum atomic E-state index is -0.265. The van der Waals surface area contributed by atoms with Gasteiger partial charge in [0.05, 0.1) is 12.2 Å². The van der Waals surface area contributed by atoms with Gasteiger partial charge in [-0.15, -0.1) is 0 Å². The third kappa shape index (κ3) is 5.37. The Bertz CT molecular complexity index is 731. The summed E-state index contributed by atoms with van der Waals surface area (Å²) in [5, 5.41) is 2.83. The number of hydrogen-bond donors (Lipinski definition) is 1. The van der Waals surface area contributed by atoms with Crippen molar-refractivity contribution in [2.75, 3.05) is 51.7 Å². The van der Waals surface area contributed by atoms with E-state index in [1.54, 1.807) is 31.6 Å². The van der Waals surface area contributed by atoms with Crippen LogP contribution in [0.5, 0.6) is 5.75 Å². The molecule has 0 radical (unpaired) electrons. The zero-order chi connectivity index (χ0) is 19.1. The molecule has 0 saturated carbocycles. The zero-order valence-corrected chi connectivity index (χ0v) is 15.4. The smallest absolute Gasteiger partial charge is 0.257 e. The number of rotatable bonds is 7. The SMILES string of the molecule is CNc1ncc(C(=O)N2CCN(CCCOc3ccc(F)cc3)CC2)cn1. The van der Waals surface area contributed by atoms with Gasteiger partial charge in [-0.2, -0.15) is 0 Å². The molecule has 1 amide bonds. The summed E-state index contributed by atoms with van der Waals surface area (Å²) in [6, 6.07) is 6.05. The molecule has 0 spiro atoms. The van der Waals surface area contributed by atoms with E-state index in [-0.39, 0.29) is 11.7 Å². The van der Waals surface area contributed by atoms with Gasteiger partial charge in [0.1, 0.15) is 11.6 Å². The van der Waals surface area contributed by atoms with Gasteiger partial charge < -0.3 is 15.0 Å². The highest BCUT2D eigenvalue weighted by molar-refractivity contribution is 5.93. The number of benzene rings is 1. The third-order valence-corrected chi connectivity index (χ3v) is 4.48. The number of nitrogens with zero attached hydrogens (tertiary/aromatic N) is 4. The minimum Gasteiger partial charge on any atom is -0.494 e. The Labute approximate surface area is 158 Å². The fourth-order valence-corrected chi connectivity index (χ4v) is 2.93. The van der Waals surface area contributed by atoms with Gasteiger partial charge in [-0.1, -0.05) is 0 Å². The van der Waals surface area contributed by atoms with Crippen LogP contribution < -0.4 is 10.1 Å². The molecule has 8 heteroatoms. The molecule has 1 aromatic heterocycles. The molecule has 1 aliphatic heterocycles. The van der Waals surface area contributed by atoms with Gasteiger partial charge in [-0.25, -0.2) is 14.4 Å². The van der Waals surface area contributed by atoms with Crippen molar-refractivity contribution in [1.82, 2.24) is 19.8 Å². The van der Waals surface area contributed by atoms with E-state index in [4.69, 9.17) is 4.74 Å². The van der Waals surface area contributed by atoms with Gasteiger partial charge in [0, 0.05) is 52.2 Å². The zero-order valence-electron chi connectivity index (χ0n) is 15.4. The van der Waals surface area contributed by atoms with Gasteiger partial charge in [-0.3, -0.25) is 9.69 Å². The van der Waals surface area contributed by atoms with Crippen molar-refractivity contribution >= 4 is 11.9 Å². The molecule has 2 heterocycles. The van der Waals surface area contributed by atoms with Crippen LogP contribution in [0.2, 0.25) is 0 Å². The van der Waals surface area contributed by atoms with Crippen molar-refractivity contribution in [3.8, 4) is 5.75 Å². The lowest BCUT2D eigenvalue weighted by Gasteiger charge is -2.34. The molecule has 1 fully saturated rings. The number of carbonyl (C=O) groups is 1. The van der Waals surface area contributed by atoms with E-state index in [1.807, 2.05) is 4.90 Å².